The molecule has 0 N–H and O–H groups in total. The quantitative estimate of drug-likeness (QED) is 0.469. The molecular formula is C9H8N2O2. The van der Waals surface area contributed by atoms with Gasteiger partial charge in [-0.2, -0.15) is 9.98 Å². The van der Waals surface area contributed by atoms with Gasteiger partial charge in [0.1, 0.15) is 0 Å². The van der Waals surface area contributed by atoms with Crippen molar-refractivity contribution in [1.29, 1.82) is 0 Å². The molecule has 0 aromatic rings. The van der Waals surface area contributed by atoms with Gasteiger partial charge in [-0.1, -0.05) is 17.7 Å². The Morgan fingerprint density at radius 3 is 2.46 bits per heavy atom. The Morgan fingerprint density at radius 2 is 2.00 bits per heavy atom. The van der Waals surface area contributed by atoms with Gasteiger partial charge in [-0.3, -0.25) is 0 Å². The lowest BCUT2D eigenvalue weighted by molar-refractivity contribution is 0.507. The summed E-state index contributed by atoms with van der Waals surface area (Å²) in [7, 11) is 0. The Bertz CT molecular complexity index is 338. The molecule has 0 aliphatic heterocycles. The fraction of sp³-hybridized carbons (Fsp3) is 0.333. The lowest BCUT2D eigenvalue weighted by Gasteiger charge is -2.20. The van der Waals surface area contributed by atoms with Crippen LogP contribution in [-0.4, -0.2) is 17.8 Å². The van der Waals surface area contributed by atoms with Gasteiger partial charge >= 0.3 is 0 Å². The zero-order valence-electron chi connectivity index (χ0n) is 7.15. The molecule has 0 fully saturated rings. The van der Waals surface area contributed by atoms with E-state index in [-0.39, 0.29) is 0 Å². The Morgan fingerprint density at radius 1 is 1.38 bits per heavy atom. The molecule has 1 aliphatic carbocycles. The van der Waals surface area contributed by atoms with Crippen molar-refractivity contribution in [1.82, 2.24) is 0 Å². The van der Waals surface area contributed by atoms with Crippen molar-refractivity contribution in [2.45, 2.75) is 19.0 Å². The minimum absolute atomic E-state index is 0.425. The number of nitrogens with zero attached hydrogens (tertiary/aromatic N) is 2. The molecule has 0 spiro atoms. The summed E-state index contributed by atoms with van der Waals surface area (Å²) in [6.07, 6.45) is 8.40. The predicted molar refractivity (Wildman–Crippen MR) is 46.5 cm³/mol. The van der Waals surface area contributed by atoms with Crippen molar-refractivity contribution >= 4 is 12.2 Å². The number of hydrogen-bond donors (Lipinski definition) is 0. The average Bonchev–Trinajstić information content (AvgIpc) is 2.04. The van der Waals surface area contributed by atoms with E-state index in [9.17, 15) is 9.59 Å². The molecule has 4 nitrogen and oxygen atoms in total. The minimum atomic E-state index is -1.09. The maximum atomic E-state index is 10.1. The van der Waals surface area contributed by atoms with E-state index in [1.54, 1.807) is 12.2 Å². The van der Waals surface area contributed by atoms with E-state index < -0.39 is 5.66 Å². The Kier molecular flexibility index (Phi) is 2.70. The zero-order valence-corrected chi connectivity index (χ0v) is 7.15. The van der Waals surface area contributed by atoms with E-state index in [4.69, 9.17) is 0 Å². The van der Waals surface area contributed by atoms with Crippen molar-refractivity contribution in [2.75, 3.05) is 0 Å². The van der Waals surface area contributed by atoms with Crippen LogP contribution in [0.15, 0.2) is 33.8 Å². The molecule has 0 bridgehead atoms. The monoisotopic (exact) mass is 176 g/mol. The zero-order chi connectivity index (χ0) is 9.73. The van der Waals surface area contributed by atoms with Gasteiger partial charge in [-0.25, -0.2) is 9.59 Å². The maximum absolute atomic E-state index is 10.1. The lowest BCUT2D eigenvalue weighted by atomic mass is 9.96. The van der Waals surface area contributed by atoms with Gasteiger partial charge in [0.2, 0.25) is 12.2 Å². The molecule has 0 radical (unpaired) electrons. The number of rotatable bonds is 2. The third kappa shape index (κ3) is 2.09. The summed E-state index contributed by atoms with van der Waals surface area (Å²) < 4.78 is 0. The van der Waals surface area contributed by atoms with Gasteiger partial charge in [-0.15, -0.1) is 0 Å². The van der Waals surface area contributed by atoms with Crippen LogP contribution in [0.1, 0.15) is 13.3 Å². The van der Waals surface area contributed by atoms with Crippen molar-refractivity contribution < 1.29 is 9.59 Å². The Balaban J connectivity index is 3.08. The van der Waals surface area contributed by atoms with Crippen molar-refractivity contribution in [3.63, 3.8) is 0 Å². The van der Waals surface area contributed by atoms with E-state index >= 15 is 0 Å². The molecule has 1 rings (SSSR count). The molecule has 0 amide bonds. The first-order valence-corrected chi connectivity index (χ1v) is 3.75. The summed E-state index contributed by atoms with van der Waals surface area (Å²) in [5.41, 5.74) is -0.0944. The largest absolute Gasteiger partial charge is 0.237 e. The third-order valence-electron chi connectivity index (χ3n) is 1.76. The second-order valence-corrected chi connectivity index (χ2v) is 2.83. The van der Waals surface area contributed by atoms with E-state index in [2.05, 4.69) is 9.98 Å². The molecular weight excluding hydrogens is 168 g/mol. The first-order valence-electron chi connectivity index (χ1n) is 3.75. The number of carbonyl (C=O) groups excluding carboxylic acids is 2. The van der Waals surface area contributed by atoms with Crippen LogP contribution in [-0.2, 0) is 9.59 Å². The fourth-order valence-corrected chi connectivity index (χ4v) is 1.23. The highest BCUT2D eigenvalue weighted by Crippen LogP contribution is 2.27. The number of allylic oxidation sites excluding steroid dienone is 2. The highest BCUT2D eigenvalue weighted by Gasteiger charge is 2.27. The van der Waals surface area contributed by atoms with Crippen LogP contribution >= 0.6 is 0 Å². The smallest absolute Gasteiger partial charge is 0.211 e. The molecule has 0 saturated carbocycles. The van der Waals surface area contributed by atoms with E-state index in [0.717, 1.165) is 5.57 Å². The summed E-state index contributed by atoms with van der Waals surface area (Å²) in [6, 6.07) is 0. The molecule has 0 aromatic carbocycles. The molecule has 66 valence electrons. The van der Waals surface area contributed by atoms with E-state index in [1.165, 1.54) is 12.2 Å². The van der Waals surface area contributed by atoms with Crippen molar-refractivity contribution in [3.8, 4) is 0 Å². The number of hydrogen-bond acceptors (Lipinski definition) is 4. The van der Waals surface area contributed by atoms with Crippen LogP contribution in [0, 0.1) is 0 Å². The first kappa shape index (κ1) is 9.33. The second-order valence-electron chi connectivity index (χ2n) is 2.83. The van der Waals surface area contributed by atoms with Gasteiger partial charge < -0.3 is 0 Å². The summed E-state index contributed by atoms with van der Waals surface area (Å²) >= 11 is 0. The van der Waals surface area contributed by atoms with Gasteiger partial charge in [0, 0.05) is 6.42 Å². The van der Waals surface area contributed by atoms with Crippen molar-refractivity contribution in [3.05, 3.63) is 23.8 Å². The SMILES string of the molecule is CC1=CC=CC(N=C=O)(N=C=O)C1. The number of isocyanates is 2. The van der Waals surface area contributed by atoms with Crippen LogP contribution in [0.2, 0.25) is 0 Å². The minimum Gasteiger partial charge on any atom is -0.211 e. The van der Waals surface area contributed by atoms with Gasteiger partial charge in [-0.05, 0) is 13.0 Å². The normalized spacial score (nSPS) is 25.5. The van der Waals surface area contributed by atoms with Gasteiger partial charge in [0.05, 0.1) is 0 Å². The average molecular weight is 176 g/mol. The molecule has 4 heteroatoms. The van der Waals surface area contributed by atoms with E-state index in [1.807, 2.05) is 13.0 Å². The first-order chi connectivity index (χ1) is 6.22. The summed E-state index contributed by atoms with van der Waals surface area (Å²) in [5, 5.41) is 0. The maximum Gasteiger partial charge on any atom is 0.237 e. The second kappa shape index (κ2) is 3.76. The molecule has 13 heavy (non-hydrogen) atoms. The predicted octanol–water partition coefficient (Wildman–Crippen LogP) is 1.26. The fourth-order valence-electron chi connectivity index (χ4n) is 1.23. The van der Waals surface area contributed by atoms with Gasteiger partial charge in [0.25, 0.3) is 0 Å². The van der Waals surface area contributed by atoms with Gasteiger partial charge in [0.15, 0.2) is 5.66 Å². The van der Waals surface area contributed by atoms with Crippen LogP contribution < -0.4 is 0 Å². The Labute approximate surface area is 75.4 Å². The molecule has 1 aliphatic rings. The summed E-state index contributed by atoms with van der Waals surface area (Å²) in [6.45, 7) is 1.87. The topological polar surface area (TPSA) is 58.9 Å². The molecule has 0 aromatic heterocycles. The molecule has 0 atom stereocenters. The summed E-state index contributed by atoms with van der Waals surface area (Å²) in [4.78, 5) is 27.2. The number of aliphatic imine (C=N–C) groups is 2. The molecule has 0 unspecified atom stereocenters. The highest BCUT2D eigenvalue weighted by atomic mass is 16.1. The Hall–Kier alpha value is -1.76. The molecule has 0 heterocycles. The third-order valence-corrected chi connectivity index (χ3v) is 1.76. The lowest BCUT2D eigenvalue weighted by Crippen LogP contribution is -2.22. The molecule has 0 saturated heterocycles. The van der Waals surface area contributed by atoms with Crippen LogP contribution in [0.25, 0.3) is 0 Å². The summed E-state index contributed by atoms with van der Waals surface area (Å²) in [5.74, 6) is 0. The standard InChI is InChI=1S/C9H8N2O2/c1-8-3-2-4-9(5-8,10-6-12)11-7-13/h2-4H,5H2,1H3. The van der Waals surface area contributed by atoms with Crippen molar-refractivity contribution in [2.24, 2.45) is 9.98 Å². The van der Waals surface area contributed by atoms with Crippen LogP contribution in [0.3, 0.4) is 0 Å². The van der Waals surface area contributed by atoms with Crippen LogP contribution in [0.4, 0.5) is 0 Å². The van der Waals surface area contributed by atoms with E-state index in [0.29, 0.717) is 6.42 Å². The van der Waals surface area contributed by atoms with Crippen LogP contribution in [0.5, 0.6) is 0 Å². The highest BCUT2D eigenvalue weighted by molar-refractivity contribution is 5.43.